The second kappa shape index (κ2) is 17.7. The summed E-state index contributed by atoms with van der Waals surface area (Å²) in [6.07, 6.45) is 6.13. The fourth-order valence-corrected chi connectivity index (χ4v) is 9.42. The van der Waals surface area contributed by atoms with Crippen LogP contribution in [0.25, 0.3) is 22.0 Å². The number of fused-ring (bicyclic) bond motifs is 2. The highest BCUT2D eigenvalue weighted by molar-refractivity contribution is 6.34. The van der Waals surface area contributed by atoms with Crippen molar-refractivity contribution in [2.75, 3.05) is 57.3 Å². The summed E-state index contributed by atoms with van der Waals surface area (Å²) in [7, 11) is 0. The summed E-state index contributed by atoms with van der Waals surface area (Å²) in [4.78, 5) is 66.0. The molecule has 4 aliphatic rings. The van der Waals surface area contributed by atoms with Crippen molar-refractivity contribution < 1.29 is 37.1 Å². The lowest BCUT2D eigenvalue weighted by molar-refractivity contribution is -0.137. The molecule has 1 aromatic heterocycles. The fraction of sp³-hybridized carbons (Fsp3) is 0.455. The lowest BCUT2D eigenvalue weighted by Crippen LogP contribution is -2.52. The van der Waals surface area contributed by atoms with E-state index in [0.29, 0.717) is 55.8 Å². The van der Waals surface area contributed by atoms with Crippen molar-refractivity contribution in [3.63, 3.8) is 0 Å². The highest BCUT2D eigenvalue weighted by Gasteiger charge is 2.41. The largest absolute Gasteiger partial charge is 0.493 e. The lowest BCUT2D eigenvalue weighted by Gasteiger charge is -2.35. The van der Waals surface area contributed by atoms with Gasteiger partial charge in [-0.1, -0.05) is 24.6 Å². The van der Waals surface area contributed by atoms with E-state index in [4.69, 9.17) is 16.3 Å². The number of likely N-dealkylation sites (tertiary alicyclic amines) is 1. The van der Waals surface area contributed by atoms with Crippen molar-refractivity contribution in [3.05, 3.63) is 81.9 Å². The van der Waals surface area contributed by atoms with E-state index in [1.165, 1.54) is 35.5 Å². The molecule has 3 aromatic carbocycles. The van der Waals surface area contributed by atoms with Gasteiger partial charge in [0.1, 0.15) is 41.1 Å². The van der Waals surface area contributed by atoms with Crippen molar-refractivity contribution >= 4 is 52.0 Å². The first-order valence-electron chi connectivity index (χ1n) is 20.8. The van der Waals surface area contributed by atoms with Crippen LogP contribution >= 0.6 is 11.6 Å². The highest BCUT2D eigenvalue weighted by atomic mass is 35.5. The summed E-state index contributed by atoms with van der Waals surface area (Å²) < 4.78 is 52.9. The van der Waals surface area contributed by atoms with Crippen LogP contribution in [0.3, 0.4) is 0 Å². The summed E-state index contributed by atoms with van der Waals surface area (Å²) in [5.41, 5.74) is 1.69. The van der Waals surface area contributed by atoms with E-state index >= 15 is 8.78 Å². The number of ether oxygens (including phenoxy) is 1. The maximum absolute atomic E-state index is 16.4. The molecule has 1 unspecified atom stereocenters. The molecule has 4 aliphatic heterocycles. The van der Waals surface area contributed by atoms with E-state index < -0.39 is 29.4 Å². The summed E-state index contributed by atoms with van der Waals surface area (Å²) in [6.45, 7) is 6.87. The van der Waals surface area contributed by atoms with E-state index in [0.717, 1.165) is 56.4 Å². The van der Waals surface area contributed by atoms with Crippen molar-refractivity contribution in [2.45, 2.75) is 76.8 Å². The molecule has 4 amide bonds. The molecule has 16 heteroatoms. The maximum Gasteiger partial charge on any atom is 0.255 e. The molecular formula is C44H47ClF3N7O5. The zero-order chi connectivity index (χ0) is 42.1. The number of hydrogen-bond donors (Lipinski definition) is 1. The number of nitrogens with zero attached hydrogens (tertiary/aromatic N) is 6. The molecule has 60 heavy (non-hydrogen) atoms. The van der Waals surface area contributed by atoms with Gasteiger partial charge in [0, 0.05) is 62.1 Å². The summed E-state index contributed by atoms with van der Waals surface area (Å²) in [5, 5.41) is 2.71. The van der Waals surface area contributed by atoms with Crippen molar-refractivity contribution in [3.8, 4) is 16.9 Å². The Labute approximate surface area is 351 Å². The molecule has 3 saturated heterocycles. The quantitative estimate of drug-likeness (QED) is 0.124. The van der Waals surface area contributed by atoms with Crippen LogP contribution in [-0.4, -0.2) is 107 Å². The Morgan fingerprint density at radius 3 is 2.47 bits per heavy atom. The van der Waals surface area contributed by atoms with Gasteiger partial charge in [-0.2, -0.15) is 0 Å². The molecule has 8 rings (SSSR count). The predicted octanol–water partition coefficient (Wildman–Crippen LogP) is 6.62. The van der Waals surface area contributed by atoms with E-state index in [1.807, 2.05) is 11.8 Å². The average Bonchev–Trinajstić information content (AvgIpc) is 3.57. The molecular weight excluding hydrogens is 799 g/mol. The Morgan fingerprint density at radius 1 is 0.933 bits per heavy atom. The van der Waals surface area contributed by atoms with Gasteiger partial charge in [0.25, 0.3) is 5.91 Å². The van der Waals surface area contributed by atoms with Crippen molar-refractivity contribution in [1.29, 1.82) is 0 Å². The minimum absolute atomic E-state index is 0.000890. The smallest absolute Gasteiger partial charge is 0.255 e. The Balaban J connectivity index is 0.847. The molecule has 4 aromatic rings. The van der Waals surface area contributed by atoms with Crippen LogP contribution in [0.5, 0.6) is 5.75 Å². The lowest BCUT2D eigenvalue weighted by atomic mass is 9.85. The number of benzene rings is 3. The zero-order valence-corrected chi connectivity index (χ0v) is 34.2. The molecule has 1 atom stereocenters. The van der Waals surface area contributed by atoms with Gasteiger partial charge >= 0.3 is 0 Å². The average molecular weight is 846 g/mol. The molecule has 12 nitrogen and oxygen atoms in total. The van der Waals surface area contributed by atoms with Gasteiger partial charge in [-0.05, 0) is 106 Å². The van der Waals surface area contributed by atoms with Crippen molar-refractivity contribution in [2.24, 2.45) is 0 Å². The van der Waals surface area contributed by atoms with E-state index in [1.54, 1.807) is 17.0 Å². The molecule has 0 radical (unpaired) electrons. The number of piperidine rings is 2. The van der Waals surface area contributed by atoms with Gasteiger partial charge in [-0.3, -0.25) is 24.5 Å². The number of hydrogen-bond acceptors (Lipinski definition) is 9. The van der Waals surface area contributed by atoms with E-state index in [2.05, 4.69) is 20.2 Å². The zero-order valence-electron chi connectivity index (χ0n) is 33.5. The number of imide groups is 1. The maximum atomic E-state index is 16.4. The number of halogens is 4. The third kappa shape index (κ3) is 8.25. The van der Waals surface area contributed by atoms with Gasteiger partial charge in [0.05, 0.1) is 17.2 Å². The summed E-state index contributed by atoms with van der Waals surface area (Å²) in [6, 6.07) is 7.95. The van der Waals surface area contributed by atoms with E-state index in [-0.39, 0.29) is 77.0 Å². The third-order valence-electron chi connectivity index (χ3n) is 12.3. The van der Waals surface area contributed by atoms with Gasteiger partial charge < -0.3 is 24.3 Å². The molecule has 0 aliphatic carbocycles. The topological polar surface area (TPSA) is 128 Å². The Morgan fingerprint density at radius 2 is 1.72 bits per heavy atom. The van der Waals surface area contributed by atoms with Crippen LogP contribution in [0.2, 0.25) is 5.02 Å². The van der Waals surface area contributed by atoms with Crippen LogP contribution in [0, 0.1) is 17.5 Å². The SMILES string of the molecule is CCC(=O)N1CCN(c2ncnc3c(F)c(-c4c(F)cccc4OCCCCCN4CCC(c5cc(F)cc6c5CN(C5CCC(=O)NC5=O)C6=O)CC4)c(Cl)cc23)CC1. The molecule has 0 spiro atoms. The highest BCUT2D eigenvalue weighted by Crippen LogP contribution is 2.43. The first-order chi connectivity index (χ1) is 29.0. The molecule has 0 bridgehead atoms. The second-order valence-corrected chi connectivity index (χ2v) is 16.3. The minimum Gasteiger partial charge on any atom is -0.493 e. The number of carbonyl (C=O) groups excluding carboxylic acids is 4. The van der Waals surface area contributed by atoms with E-state index in [9.17, 15) is 23.6 Å². The van der Waals surface area contributed by atoms with Crippen LogP contribution < -0.4 is 15.0 Å². The standard InChI is InChI=1S/C44H47ClF3N7O5/c1-2-37(57)53-16-18-54(19-17-53)42-30-23-32(45)38(40(48)41(30)49-25-50-42)39-33(47)7-6-8-35(39)60-20-5-3-4-13-52-14-11-26(12-15-52)28-21-27(46)22-29-31(28)24-55(44(29)59)34-9-10-36(56)51-43(34)58/h6-8,21-23,25-26,34H,2-5,9-20,24H2,1H3,(H,51,56,58). The number of unbranched alkanes of at least 4 members (excludes halogenated alkanes) is 2. The Kier molecular flexibility index (Phi) is 12.3. The number of piperazine rings is 1. The minimum atomic E-state index is -0.774. The number of amides is 4. The fourth-order valence-electron chi connectivity index (χ4n) is 9.14. The number of aromatic nitrogens is 2. The summed E-state index contributed by atoms with van der Waals surface area (Å²) >= 11 is 6.73. The molecule has 3 fully saturated rings. The predicted molar refractivity (Wildman–Crippen MR) is 219 cm³/mol. The number of anilines is 1. The molecule has 1 N–H and O–H groups in total. The van der Waals surface area contributed by atoms with Crippen molar-refractivity contribution in [1.82, 2.24) is 30.0 Å². The molecule has 0 saturated carbocycles. The monoisotopic (exact) mass is 845 g/mol. The number of nitrogens with one attached hydrogen (secondary N) is 1. The van der Waals surface area contributed by atoms with Gasteiger partial charge in [-0.25, -0.2) is 23.1 Å². The molecule has 316 valence electrons. The molecule has 5 heterocycles. The van der Waals surface area contributed by atoms with Gasteiger partial charge in [0.15, 0.2) is 5.82 Å². The normalized spacial score (nSPS) is 19.0. The number of rotatable bonds is 12. The van der Waals surface area contributed by atoms with Crippen LogP contribution in [0.4, 0.5) is 19.0 Å². The number of carbonyl (C=O) groups is 4. The van der Waals surface area contributed by atoms with Crippen LogP contribution in [0.15, 0.2) is 42.7 Å². The van der Waals surface area contributed by atoms with Gasteiger partial charge in [0.2, 0.25) is 17.7 Å². The Bertz CT molecular complexity index is 2330. The first kappa shape index (κ1) is 41.5. The first-order valence-corrected chi connectivity index (χ1v) is 21.2. The van der Waals surface area contributed by atoms with Crippen LogP contribution in [0.1, 0.15) is 85.7 Å². The van der Waals surface area contributed by atoms with Gasteiger partial charge in [-0.15, -0.1) is 0 Å². The third-order valence-corrected chi connectivity index (χ3v) is 12.6. The Hall–Kier alpha value is -5.28. The second-order valence-electron chi connectivity index (χ2n) is 15.9. The van der Waals surface area contributed by atoms with Crippen LogP contribution in [-0.2, 0) is 20.9 Å². The summed E-state index contributed by atoms with van der Waals surface area (Å²) in [5.74, 6) is -2.32.